The number of carbonyl (C=O) groups excluding carboxylic acids is 1. The minimum Gasteiger partial charge on any atom is -0.487 e. The van der Waals surface area contributed by atoms with E-state index in [1.54, 1.807) is 4.68 Å². The Hall–Kier alpha value is -1.81. The van der Waals surface area contributed by atoms with Crippen molar-refractivity contribution >= 4 is 17.9 Å². The van der Waals surface area contributed by atoms with Gasteiger partial charge in [-0.1, -0.05) is 11.6 Å². The van der Waals surface area contributed by atoms with Crippen LogP contribution < -0.4 is 4.74 Å². The number of aromatic nitrogens is 2. The maximum atomic E-state index is 10.8. The lowest BCUT2D eigenvalue weighted by Gasteiger charge is -2.13. The van der Waals surface area contributed by atoms with Gasteiger partial charge in [-0.2, -0.15) is 5.10 Å². The maximum absolute atomic E-state index is 10.8. The molecule has 0 saturated carbocycles. The summed E-state index contributed by atoms with van der Waals surface area (Å²) in [6.45, 7) is 6.05. The SMILES string of the molecule is Cc1cc(C=O)cc(C)c1OCc1c(Cl)c(C)nn1C. The third-order valence-corrected chi connectivity index (χ3v) is 3.73. The molecule has 0 amide bonds. The highest BCUT2D eigenvalue weighted by Crippen LogP contribution is 2.27. The van der Waals surface area contributed by atoms with E-state index in [1.807, 2.05) is 40.0 Å². The van der Waals surface area contributed by atoms with Crippen molar-refractivity contribution in [1.29, 1.82) is 0 Å². The van der Waals surface area contributed by atoms with Gasteiger partial charge in [0.1, 0.15) is 18.6 Å². The highest BCUT2D eigenvalue weighted by molar-refractivity contribution is 6.31. The fourth-order valence-electron chi connectivity index (χ4n) is 2.26. The van der Waals surface area contributed by atoms with Crippen LogP contribution >= 0.6 is 11.6 Å². The Bertz CT molecular complexity index is 639. The number of hydrogen-bond acceptors (Lipinski definition) is 3. The summed E-state index contributed by atoms with van der Waals surface area (Å²) in [4.78, 5) is 10.8. The molecule has 0 saturated heterocycles. The average molecular weight is 293 g/mol. The van der Waals surface area contributed by atoms with Crippen molar-refractivity contribution in [3.8, 4) is 5.75 Å². The summed E-state index contributed by atoms with van der Waals surface area (Å²) in [5.41, 5.74) is 4.14. The lowest BCUT2D eigenvalue weighted by atomic mass is 10.1. The smallest absolute Gasteiger partial charge is 0.150 e. The van der Waals surface area contributed by atoms with Crippen molar-refractivity contribution < 1.29 is 9.53 Å². The Morgan fingerprint density at radius 2 is 1.90 bits per heavy atom. The quantitative estimate of drug-likeness (QED) is 0.811. The van der Waals surface area contributed by atoms with Gasteiger partial charge in [0.05, 0.1) is 16.4 Å². The summed E-state index contributed by atoms with van der Waals surface area (Å²) >= 11 is 6.20. The summed E-state index contributed by atoms with van der Waals surface area (Å²) in [6, 6.07) is 3.62. The zero-order chi connectivity index (χ0) is 14.9. The highest BCUT2D eigenvalue weighted by Gasteiger charge is 2.13. The van der Waals surface area contributed by atoms with Crippen molar-refractivity contribution in [2.24, 2.45) is 7.05 Å². The molecule has 0 spiro atoms. The van der Waals surface area contributed by atoms with E-state index in [0.29, 0.717) is 17.2 Å². The molecular formula is C15H17ClN2O2. The molecule has 0 aliphatic carbocycles. The molecule has 0 unspecified atom stereocenters. The standard InChI is InChI=1S/C15H17ClN2O2/c1-9-5-12(7-19)6-10(2)15(9)20-8-13-14(16)11(3)17-18(13)4/h5-7H,8H2,1-4H3. The number of aldehydes is 1. The number of halogens is 1. The largest absolute Gasteiger partial charge is 0.487 e. The lowest BCUT2D eigenvalue weighted by molar-refractivity contribution is 0.112. The van der Waals surface area contributed by atoms with Crippen LogP contribution in [0.1, 0.15) is 32.9 Å². The van der Waals surface area contributed by atoms with Crippen LogP contribution in [0.5, 0.6) is 5.75 Å². The fourth-order valence-corrected chi connectivity index (χ4v) is 2.47. The van der Waals surface area contributed by atoms with Crippen LogP contribution in [0.2, 0.25) is 5.02 Å². The first kappa shape index (κ1) is 14.6. The fraction of sp³-hybridized carbons (Fsp3) is 0.333. The Balaban J connectivity index is 2.25. The molecule has 2 rings (SSSR count). The van der Waals surface area contributed by atoms with E-state index in [9.17, 15) is 4.79 Å². The van der Waals surface area contributed by atoms with Gasteiger partial charge in [-0.05, 0) is 44.0 Å². The normalized spacial score (nSPS) is 10.7. The molecule has 0 atom stereocenters. The molecule has 1 aromatic carbocycles. The van der Waals surface area contributed by atoms with Crippen LogP contribution in [0.3, 0.4) is 0 Å². The van der Waals surface area contributed by atoms with E-state index in [4.69, 9.17) is 16.3 Å². The third-order valence-electron chi connectivity index (χ3n) is 3.23. The van der Waals surface area contributed by atoms with Crippen LogP contribution in [-0.4, -0.2) is 16.1 Å². The number of nitrogens with zero attached hydrogens (tertiary/aromatic N) is 2. The summed E-state index contributed by atoms with van der Waals surface area (Å²) in [7, 11) is 1.84. The van der Waals surface area contributed by atoms with Crippen molar-refractivity contribution in [3.05, 3.63) is 45.2 Å². The van der Waals surface area contributed by atoms with Crippen molar-refractivity contribution in [1.82, 2.24) is 9.78 Å². The Labute approximate surface area is 123 Å². The monoisotopic (exact) mass is 292 g/mol. The van der Waals surface area contributed by atoms with Crippen LogP contribution in [0.15, 0.2) is 12.1 Å². The minimum atomic E-state index is 0.346. The third kappa shape index (κ3) is 2.70. The minimum absolute atomic E-state index is 0.346. The summed E-state index contributed by atoms with van der Waals surface area (Å²) < 4.78 is 7.59. The molecule has 0 fully saturated rings. The second kappa shape index (κ2) is 5.67. The van der Waals surface area contributed by atoms with E-state index in [1.165, 1.54) is 0 Å². The topological polar surface area (TPSA) is 44.1 Å². The molecule has 0 radical (unpaired) electrons. The van der Waals surface area contributed by atoms with Crippen LogP contribution in [-0.2, 0) is 13.7 Å². The van der Waals surface area contributed by atoms with Gasteiger partial charge in [-0.3, -0.25) is 9.48 Å². The summed E-state index contributed by atoms with van der Waals surface area (Å²) in [6.07, 6.45) is 0.838. The molecule has 1 aromatic heterocycles. The van der Waals surface area contributed by atoms with Crippen molar-refractivity contribution in [3.63, 3.8) is 0 Å². The van der Waals surface area contributed by atoms with Gasteiger partial charge < -0.3 is 4.74 Å². The van der Waals surface area contributed by atoms with E-state index >= 15 is 0 Å². The second-order valence-electron chi connectivity index (χ2n) is 4.86. The molecule has 1 heterocycles. The molecule has 4 nitrogen and oxygen atoms in total. The van der Waals surface area contributed by atoms with Gasteiger partial charge in [-0.25, -0.2) is 0 Å². The van der Waals surface area contributed by atoms with Gasteiger partial charge in [0, 0.05) is 12.6 Å². The zero-order valence-electron chi connectivity index (χ0n) is 12.0. The predicted molar refractivity (Wildman–Crippen MR) is 78.6 cm³/mol. The Morgan fingerprint density at radius 3 is 2.35 bits per heavy atom. The summed E-state index contributed by atoms with van der Waals surface area (Å²) in [5, 5.41) is 4.89. The molecular weight excluding hydrogens is 276 g/mol. The molecule has 106 valence electrons. The van der Waals surface area contributed by atoms with E-state index in [2.05, 4.69) is 5.10 Å². The zero-order valence-corrected chi connectivity index (χ0v) is 12.8. The van der Waals surface area contributed by atoms with Crippen LogP contribution in [0, 0.1) is 20.8 Å². The van der Waals surface area contributed by atoms with Gasteiger partial charge in [-0.15, -0.1) is 0 Å². The van der Waals surface area contributed by atoms with Gasteiger partial charge >= 0.3 is 0 Å². The number of aryl methyl sites for hydroxylation is 4. The van der Waals surface area contributed by atoms with E-state index in [0.717, 1.165) is 34.6 Å². The van der Waals surface area contributed by atoms with E-state index in [-0.39, 0.29) is 0 Å². The van der Waals surface area contributed by atoms with Gasteiger partial charge in [0.25, 0.3) is 0 Å². The maximum Gasteiger partial charge on any atom is 0.150 e. The van der Waals surface area contributed by atoms with Crippen LogP contribution in [0.4, 0.5) is 0 Å². The Morgan fingerprint density at radius 1 is 1.30 bits per heavy atom. The average Bonchev–Trinajstić information content (AvgIpc) is 2.63. The van der Waals surface area contributed by atoms with Gasteiger partial charge in [0.15, 0.2) is 0 Å². The first-order valence-electron chi connectivity index (χ1n) is 6.31. The van der Waals surface area contributed by atoms with Crippen LogP contribution in [0.25, 0.3) is 0 Å². The van der Waals surface area contributed by atoms with Gasteiger partial charge in [0.2, 0.25) is 0 Å². The molecule has 0 bridgehead atoms. The molecule has 0 N–H and O–H groups in total. The molecule has 5 heteroatoms. The number of benzene rings is 1. The van der Waals surface area contributed by atoms with Crippen molar-refractivity contribution in [2.45, 2.75) is 27.4 Å². The molecule has 2 aromatic rings. The first-order valence-corrected chi connectivity index (χ1v) is 6.69. The van der Waals surface area contributed by atoms with E-state index < -0.39 is 0 Å². The Kier molecular flexibility index (Phi) is 4.14. The number of rotatable bonds is 4. The summed E-state index contributed by atoms with van der Waals surface area (Å²) in [5.74, 6) is 0.783. The second-order valence-corrected chi connectivity index (χ2v) is 5.24. The first-order chi connectivity index (χ1) is 9.43. The van der Waals surface area contributed by atoms with Crippen molar-refractivity contribution in [2.75, 3.05) is 0 Å². The lowest BCUT2D eigenvalue weighted by Crippen LogP contribution is -2.05. The number of ether oxygens (including phenoxy) is 1. The highest BCUT2D eigenvalue weighted by atomic mass is 35.5. The number of hydrogen-bond donors (Lipinski definition) is 0. The molecule has 0 aliphatic heterocycles. The molecule has 0 aliphatic rings. The predicted octanol–water partition coefficient (Wildman–Crippen LogP) is 3.39. The molecule has 20 heavy (non-hydrogen) atoms. The number of carbonyl (C=O) groups is 1.